The SMILES string of the molecule is C[Se]CC(C(=O)NC1CCCCC1)N(C(C)=O)c1ccccc1. The number of carbonyl (C=O) groups is 2. The summed E-state index contributed by atoms with van der Waals surface area (Å²) in [4.78, 5) is 26.7. The molecule has 0 aliphatic heterocycles. The van der Waals surface area contributed by atoms with Gasteiger partial charge in [-0.2, -0.15) is 0 Å². The monoisotopic (exact) mass is 382 g/mol. The Hall–Kier alpha value is -1.32. The Labute approximate surface area is 145 Å². The quantitative estimate of drug-likeness (QED) is 0.770. The third-order valence-corrected chi connectivity index (χ3v) is 5.63. The van der Waals surface area contributed by atoms with Gasteiger partial charge in [-0.1, -0.05) is 0 Å². The van der Waals surface area contributed by atoms with Gasteiger partial charge in [-0.25, -0.2) is 0 Å². The van der Waals surface area contributed by atoms with Crippen molar-refractivity contribution in [3.05, 3.63) is 30.3 Å². The summed E-state index contributed by atoms with van der Waals surface area (Å²) >= 11 is 0.317. The summed E-state index contributed by atoms with van der Waals surface area (Å²) < 4.78 is 0. The summed E-state index contributed by atoms with van der Waals surface area (Å²) in [6.07, 6.45) is 5.74. The minimum absolute atomic E-state index is 0.000298. The van der Waals surface area contributed by atoms with Crippen LogP contribution >= 0.6 is 0 Å². The van der Waals surface area contributed by atoms with E-state index in [1.807, 2.05) is 30.3 Å². The van der Waals surface area contributed by atoms with Crippen LogP contribution in [0.15, 0.2) is 30.3 Å². The van der Waals surface area contributed by atoms with Gasteiger partial charge in [-0.15, -0.1) is 0 Å². The molecule has 1 atom stereocenters. The first-order chi connectivity index (χ1) is 11.1. The van der Waals surface area contributed by atoms with Gasteiger partial charge in [0.15, 0.2) is 0 Å². The Morgan fingerprint density at radius 2 is 1.87 bits per heavy atom. The number of anilines is 1. The number of hydrogen-bond acceptors (Lipinski definition) is 2. The molecule has 0 aromatic heterocycles. The standard InChI is InChI=1S/C18H26N2O2Se/c1-14(21)20(16-11-7-4-8-12-16)17(13-23-2)18(22)19-15-9-5-3-6-10-15/h4,7-8,11-12,15,17H,3,5-6,9-10,13H2,1-2H3,(H,19,22). The first kappa shape index (κ1) is 18.0. The molecule has 1 saturated carbocycles. The maximum absolute atomic E-state index is 12.8. The fourth-order valence-corrected chi connectivity index (χ4v) is 4.43. The van der Waals surface area contributed by atoms with Gasteiger partial charge in [0.05, 0.1) is 0 Å². The predicted octanol–water partition coefficient (Wildman–Crippen LogP) is 3.03. The number of nitrogens with one attached hydrogen (secondary N) is 1. The second-order valence-corrected chi connectivity index (χ2v) is 7.95. The molecule has 2 rings (SSSR count). The zero-order valence-corrected chi connectivity index (χ0v) is 15.7. The van der Waals surface area contributed by atoms with Crippen molar-refractivity contribution in [2.24, 2.45) is 0 Å². The Balaban J connectivity index is 2.16. The summed E-state index contributed by atoms with van der Waals surface area (Å²) in [5.74, 6) is 2.03. The number of rotatable bonds is 6. The molecule has 1 aromatic carbocycles. The van der Waals surface area contributed by atoms with Crippen LogP contribution in [0.5, 0.6) is 0 Å². The zero-order valence-electron chi connectivity index (χ0n) is 14.0. The Morgan fingerprint density at radius 1 is 1.22 bits per heavy atom. The molecule has 4 nitrogen and oxygen atoms in total. The van der Waals surface area contributed by atoms with Crippen LogP contribution in [-0.4, -0.2) is 38.9 Å². The van der Waals surface area contributed by atoms with Gasteiger partial charge < -0.3 is 0 Å². The predicted molar refractivity (Wildman–Crippen MR) is 94.8 cm³/mol. The van der Waals surface area contributed by atoms with Crippen molar-refractivity contribution in [1.29, 1.82) is 0 Å². The van der Waals surface area contributed by atoms with Crippen LogP contribution in [0, 0.1) is 0 Å². The Kier molecular flexibility index (Phi) is 7.13. The van der Waals surface area contributed by atoms with Crippen molar-refractivity contribution in [2.45, 2.75) is 62.3 Å². The molecule has 0 radical (unpaired) electrons. The molecule has 5 heteroatoms. The van der Waals surface area contributed by atoms with Crippen LogP contribution in [0.1, 0.15) is 39.0 Å². The van der Waals surface area contributed by atoms with E-state index in [4.69, 9.17) is 0 Å². The summed E-state index contributed by atoms with van der Waals surface area (Å²) in [6.45, 7) is 1.54. The number of benzene rings is 1. The van der Waals surface area contributed by atoms with E-state index in [9.17, 15) is 9.59 Å². The van der Waals surface area contributed by atoms with Crippen LogP contribution in [0.2, 0.25) is 11.1 Å². The van der Waals surface area contributed by atoms with Gasteiger partial charge in [0.2, 0.25) is 0 Å². The van der Waals surface area contributed by atoms with Gasteiger partial charge in [0.25, 0.3) is 0 Å². The van der Waals surface area contributed by atoms with Gasteiger partial charge in [0, 0.05) is 0 Å². The van der Waals surface area contributed by atoms with E-state index < -0.39 is 6.04 Å². The first-order valence-electron chi connectivity index (χ1n) is 8.27. The average Bonchev–Trinajstić information content (AvgIpc) is 2.56. The van der Waals surface area contributed by atoms with E-state index in [0.717, 1.165) is 23.8 Å². The molecule has 0 saturated heterocycles. The van der Waals surface area contributed by atoms with Crippen LogP contribution in [0.4, 0.5) is 5.69 Å². The van der Waals surface area contributed by atoms with Crippen LogP contribution in [-0.2, 0) is 9.59 Å². The number of carbonyl (C=O) groups excluding carboxylic acids is 2. The van der Waals surface area contributed by atoms with E-state index in [-0.39, 0.29) is 17.9 Å². The molecule has 1 fully saturated rings. The topological polar surface area (TPSA) is 49.4 Å². The molecule has 23 heavy (non-hydrogen) atoms. The molecule has 1 unspecified atom stereocenters. The Morgan fingerprint density at radius 3 is 2.43 bits per heavy atom. The van der Waals surface area contributed by atoms with E-state index >= 15 is 0 Å². The molecule has 0 heterocycles. The second-order valence-electron chi connectivity index (χ2n) is 6.04. The summed E-state index contributed by atoms with van der Waals surface area (Å²) in [5.41, 5.74) is 0.799. The maximum atomic E-state index is 12.8. The van der Waals surface area contributed by atoms with Gasteiger partial charge in [0.1, 0.15) is 0 Å². The van der Waals surface area contributed by atoms with E-state index in [1.165, 1.54) is 26.2 Å². The normalized spacial score (nSPS) is 16.6. The summed E-state index contributed by atoms with van der Waals surface area (Å²) in [5, 5.41) is 3.92. The van der Waals surface area contributed by atoms with Crippen molar-refractivity contribution in [1.82, 2.24) is 5.32 Å². The van der Waals surface area contributed by atoms with E-state index in [0.29, 0.717) is 15.0 Å². The van der Waals surface area contributed by atoms with Crippen molar-refractivity contribution in [3.8, 4) is 0 Å². The average molecular weight is 381 g/mol. The number of nitrogens with zero attached hydrogens (tertiary/aromatic N) is 1. The molecule has 126 valence electrons. The first-order valence-corrected chi connectivity index (χ1v) is 11.2. The minimum atomic E-state index is -0.401. The molecule has 1 aliphatic carbocycles. The molecule has 2 amide bonds. The van der Waals surface area contributed by atoms with Crippen molar-refractivity contribution in [2.75, 3.05) is 4.90 Å². The van der Waals surface area contributed by atoms with E-state index in [1.54, 1.807) is 4.90 Å². The molecule has 0 bridgehead atoms. The number of para-hydroxylation sites is 1. The van der Waals surface area contributed by atoms with Gasteiger partial charge in [-0.05, 0) is 0 Å². The molecular formula is C18H26N2O2Se. The molecular weight excluding hydrogens is 355 g/mol. The summed E-state index contributed by atoms with van der Waals surface area (Å²) in [7, 11) is 0. The van der Waals surface area contributed by atoms with Crippen molar-refractivity contribution in [3.63, 3.8) is 0 Å². The molecule has 1 aliphatic rings. The third-order valence-electron chi connectivity index (χ3n) is 4.26. The number of amides is 2. The fourth-order valence-electron chi connectivity index (χ4n) is 3.14. The van der Waals surface area contributed by atoms with Gasteiger partial charge in [-0.3, -0.25) is 0 Å². The molecule has 1 N–H and O–H groups in total. The number of hydrogen-bond donors (Lipinski definition) is 1. The Bertz CT molecular complexity index is 515. The second kappa shape index (κ2) is 9.09. The van der Waals surface area contributed by atoms with Crippen LogP contribution < -0.4 is 10.2 Å². The zero-order chi connectivity index (χ0) is 16.7. The summed E-state index contributed by atoms with van der Waals surface area (Å²) in [6, 6.07) is 9.38. The van der Waals surface area contributed by atoms with Crippen LogP contribution in [0.25, 0.3) is 0 Å². The van der Waals surface area contributed by atoms with Crippen LogP contribution in [0.3, 0.4) is 0 Å². The van der Waals surface area contributed by atoms with Gasteiger partial charge >= 0.3 is 145 Å². The van der Waals surface area contributed by atoms with Crippen molar-refractivity contribution >= 4 is 32.5 Å². The molecule has 1 aromatic rings. The molecule has 0 spiro atoms. The van der Waals surface area contributed by atoms with E-state index in [2.05, 4.69) is 11.1 Å². The van der Waals surface area contributed by atoms with Crippen molar-refractivity contribution < 1.29 is 9.59 Å². The third kappa shape index (κ3) is 5.08. The fraction of sp³-hybridized carbons (Fsp3) is 0.556.